The number of hydrogen-bond donors (Lipinski definition) is 0. The van der Waals surface area contributed by atoms with E-state index in [1.165, 1.54) is 24.8 Å². The number of aryl methyl sites for hydroxylation is 1. The van der Waals surface area contributed by atoms with E-state index in [2.05, 4.69) is 48.0 Å². The quantitative estimate of drug-likeness (QED) is 0.303. The third-order valence-electron chi connectivity index (χ3n) is 8.67. The molecule has 4 aromatic rings. The van der Waals surface area contributed by atoms with Crippen LogP contribution in [0.2, 0.25) is 0 Å². The van der Waals surface area contributed by atoms with Gasteiger partial charge in [0.15, 0.2) is 0 Å². The molecule has 2 aromatic heterocycles. The summed E-state index contributed by atoms with van der Waals surface area (Å²) in [6.07, 6.45) is 8.72. The van der Waals surface area contributed by atoms with Gasteiger partial charge < -0.3 is 4.57 Å². The Bertz CT molecular complexity index is 1490. The van der Waals surface area contributed by atoms with Gasteiger partial charge in [-0.25, -0.2) is 13.4 Å². The summed E-state index contributed by atoms with van der Waals surface area (Å²) in [5, 5.41) is 1.05. The van der Waals surface area contributed by atoms with Crippen LogP contribution in [0.4, 0.5) is 0 Å². The average Bonchev–Trinajstić information content (AvgIpc) is 3.27. The first kappa shape index (κ1) is 24.4. The average molecular weight is 514 g/mol. The number of sulfonamides is 1. The zero-order valence-electron chi connectivity index (χ0n) is 21.6. The second-order valence-electron chi connectivity index (χ2n) is 11.0. The molecular weight excluding hydrogens is 478 g/mol. The van der Waals surface area contributed by atoms with Crippen LogP contribution >= 0.6 is 0 Å². The molecular formula is C31H35N3O2S. The molecule has 0 bridgehead atoms. The van der Waals surface area contributed by atoms with Crippen LogP contribution in [0.5, 0.6) is 0 Å². The van der Waals surface area contributed by atoms with Crippen molar-refractivity contribution < 1.29 is 8.42 Å². The fourth-order valence-electron chi connectivity index (χ4n) is 6.81. The van der Waals surface area contributed by atoms with Gasteiger partial charge in [0.05, 0.1) is 10.9 Å². The smallest absolute Gasteiger partial charge is 0.243 e. The molecule has 0 amide bonds. The van der Waals surface area contributed by atoms with Crippen molar-refractivity contribution >= 4 is 21.1 Å². The normalized spacial score (nSPS) is 24.7. The highest BCUT2D eigenvalue weighted by Crippen LogP contribution is 2.50. The maximum Gasteiger partial charge on any atom is 0.243 e. The van der Waals surface area contributed by atoms with Gasteiger partial charge in [-0.3, -0.25) is 0 Å². The van der Waals surface area contributed by atoms with Gasteiger partial charge in [0.25, 0.3) is 0 Å². The van der Waals surface area contributed by atoms with Gasteiger partial charge in [-0.15, -0.1) is 0 Å². The summed E-state index contributed by atoms with van der Waals surface area (Å²) >= 11 is 0. The van der Waals surface area contributed by atoms with E-state index in [0.29, 0.717) is 29.8 Å². The van der Waals surface area contributed by atoms with Crippen molar-refractivity contribution in [3.8, 4) is 0 Å². The predicted molar refractivity (Wildman–Crippen MR) is 148 cm³/mol. The Morgan fingerprint density at radius 2 is 1.70 bits per heavy atom. The highest BCUT2D eigenvalue weighted by molar-refractivity contribution is 7.89. The Kier molecular flexibility index (Phi) is 6.41. The Hall–Kier alpha value is -2.96. The summed E-state index contributed by atoms with van der Waals surface area (Å²) in [5.74, 6) is 1.17. The van der Waals surface area contributed by atoms with E-state index in [1.807, 2.05) is 41.7 Å². The molecule has 6 rings (SSSR count). The highest BCUT2D eigenvalue weighted by atomic mass is 32.2. The van der Waals surface area contributed by atoms with E-state index < -0.39 is 10.0 Å². The van der Waals surface area contributed by atoms with Crippen molar-refractivity contribution in [1.29, 1.82) is 0 Å². The van der Waals surface area contributed by atoms with Crippen molar-refractivity contribution in [3.63, 3.8) is 0 Å². The molecule has 0 radical (unpaired) electrons. The minimum Gasteiger partial charge on any atom is -0.328 e. The first-order valence-electron chi connectivity index (χ1n) is 13.5. The number of nitrogens with zero attached hydrogens (tertiary/aromatic N) is 3. The largest absolute Gasteiger partial charge is 0.328 e. The number of aromatic nitrogens is 2. The fourth-order valence-corrected chi connectivity index (χ4v) is 8.56. The molecule has 1 aliphatic carbocycles. The standard InChI is InChI=1S/C31H35N3O2S/c1-22-14-16-26(17-15-22)37(35,36)34-20-25-11-6-7-12-27(25)23(2)30(34)29-21-33(19-24-9-4-3-5-10-24)31-28(29)13-8-18-32-31/h3-5,8-10,13-18,21,23,25,27,30H,6-7,11-12,19-20H2,1-2H3/t23-,25+,27-,30+/m1/s1. The Labute approximate surface area is 220 Å². The van der Waals surface area contributed by atoms with E-state index in [1.54, 1.807) is 12.1 Å². The molecule has 6 heteroatoms. The van der Waals surface area contributed by atoms with E-state index in [0.717, 1.165) is 28.6 Å². The molecule has 4 atom stereocenters. The molecule has 2 fully saturated rings. The number of rotatable bonds is 5. The molecule has 192 valence electrons. The Morgan fingerprint density at radius 1 is 0.946 bits per heavy atom. The first-order valence-corrected chi connectivity index (χ1v) is 14.9. The van der Waals surface area contributed by atoms with E-state index in [4.69, 9.17) is 4.98 Å². The summed E-state index contributed by atoms with van der Waals surface area (Å²) < 4.78 is 32.5. The van der Waals surface area contributed by atoms with E-state index in [9.17, 15) is 8.42 Å². The number of piperidine rings is 1. The van der Waals surface area contributed by atoms with Crippen LogP contribution in [-0.2, 0) is 16.6 Å². The zero-order chi connectivity index (χ0) is 25.6. The predicted octanol–water partition coefficient (Wildman–Crippen LogP) is 6.58. The minimum absolute atomic E-state index is 0.218. The van der Waals surface area contributed by atoms with Crippen molar-refractivity contribution in [2.45, 2.75) is 57.0 Å². The van der Waals surface area contributed by atoms with Crippen LogP contribution in [0.1, 0.15) is 55.3 Å². The van der Waals surface area contributed by atoms with Gasteiger partial charge >= 0.3 is 0 Å². The Balaban J connectivity index is 1.49. The molecule has 1 saturated carbocycles. The second kappa shape index (κ2) is 9.73. The lowest BCUT2D eigenvalue weighted by Gasteiger charge is -2.49. The van der Waals surface area contributed by atoms with Gasteiger partial charge in [-0.05, 0) is 72.9 Å². The third kappa shape index (κ3) is 4.40. The number of pyridine rings is 1. The molecule has 0 spiro atoms. The van der Waals surface area contributed by atoms with Gasteiger partial charge in [0.1, 0.15) is 5.65 Å². The topological polar surface area (TPSA) is 55.2 Å². The molecule has 2 aromatic carbocycles. The van der Waals surface area contributed by atoms with Crippen molar-refractivity contribution in [2.24, 2.45) is 17.8 Å². The summed E-state index contributed by atoms with van der Waals surface area (Å²) in [4.78, 5) is 5.13. The molecule has 3 heterocycles. The van der Waals surface area contributed by atoms with E-state index >= 15 is 0 Å². The maximum absolute atomic E-state index is 14.2. The third-order valence-corrected chi connectivity index (χ3v) is 10.5. The van der Waals surface area contributed by atoms with Crippen LogP contribution in [0.25, 0.3) is 11.0 Å². The Morgan fingerprint density at radius 3 is 2.49 bits per heavy atom. The van der Waals surface area contributed by atoms with E-state index in [-0.39, 0.29) is 12.0 Å². The molecule has 5 nitrogen and oxygen atoms in total. The summed E-state index contributed by atoms with van der Waals surface area (Å²) in [7, 11) is -3.67. The molecule has 37 heavy (non-hydrogen) atoms. The summed E-state index contributed by atoms with van der Waals surface area (Å²) in [5.41, 5.74) is 4.24. The molecule has 0 unspecified atom stereocenters. The van der Waals surface area contributed by atoms with Crippen molar-refractivity contribution in [2.75, 3.05) is 6.54 Å². The second-order valence-corrected chi connectivity index (χ2v) is 12.9. The monoisotopic (exact) mass is 513 g/mol. The van der Waals surface area contributed by atoms with Crippen molar-refractivity contribution in [1.82, 2.24) is 13.9 Å². The van der Waals surface area contributed by atoms with Crippen LogP contribution in [0, 0.1) is 24.7 Å². The van der Waals surface area contributed by atoms with Crippen molar-refractivity contribution in [3.05, 3.63) is 95.8 Å². The first-order chi connectivity index (χ1) is 17.9. The number of benzene rings is 2. The van der Waals surface area contributed by atoms with Crippen LogP contribution in [0.3, 0.4) is 0 Å². The summed E-state index contributed by atoms with van der Waals surface area (Å²) in [6, 6.07) is 21.5. The van der Waals surface area contributed by atoms with Gasteiger partial charge in [0, 0.05) is 30.9 Å². The SMILES string of the molecule is Cc1ccc(S(=O)(=O)N2C[C@@H]3CCCC[C@@H]3[C@@H](C)[C@H]2c2cn(Cc3ccccc3)c3ncccc23)cc1. The minimum atomic E-state index is -3.67. The molecule has 1 saturated heterocycles. The van der Waals surface area contributed by atoms with Gasteiger partial charge in [0.2, 0.25) is 10.0 Å². The molecule has 1 aliphatic heterocycles. The van der Waals surface area contributed by atoms with Crippen LogP contribution in [-0.4, -0.2) is 28.8 Å². The lowest BCUT2D eigenvalue weighted by Crippen LogP contribution is -2.50. The van der Waals surface area contributed by atoms with Gasteiger partial charge in [-0.2, -0.15) is 4.31 Å². The number of fused-ring (bicyclic) bond motifs is 2. The highest BCUT2D eigenvalue weighted by Gasteiger charge is 2.48. The molecule has 2 aliphatic rings. The lowest BCUT2D eigenvalue weighted by atomic mass is 9.67. The van der Waals surface area contributed by atoms with Crippen LogP contribution < -0.4 is 0 Å². The number of hydrogen-bond acceptors (Lipinski definition) is 3. The van der Waals surface area contributed by atoms with Crippen LogP contribution in [0.15, 0.2) is 84.0 Å². The molecule has 0 N–H and O–H groups in total. The maximum atomic E-state index is 14.2. The summed E-state index contributed by atoms with van der Waals surface area (Å²) in [6.45, 7) is 5.55. The van der Waals surface area contributed by atoms with Gasteiger partial charge in [-0.1, -0.05) is 67.8 Å². The lowest BCUT2D eigenvalue weighted by molar-refractivity contribution is 0.0374. The fraction of sp³-hybridized carbons (Fsp3) is 0.387. The zero-order valence-corrected chi connectivity index (χ0v) is 22.4.